The SMILES string of the molecule is N#Cc1cnc(NC(=O)[C@H](C[C@H]2CCC(=O)C2)c2ccc(SC3CC3)c(C3CC3)c2)cn1. The first-order valence-electron chi connectivity index (χ1n) is 11.4. The fourth-order valence-electron chi connectivity index (χ4n) is 4.45. The highest BCUT2D eigenvalue weighted by Crippen LogP contribution is 2.49. The van der Waals surface area contributed by atoms with Gasteiger partial charge in [0.1, 0.15) is 11.9 Å². The molecule has 2 aromatic rings. The Morgan fingerprint density at radius 3 is 2.66 bits per heavy atom. The van der Waals surface area contributed by atoms with E-state index < -0.39 is 0 Å². The summed E-state index contributed by atoms with van der Waals surface area (Å²) >= 11 is 1.98. The Balaban J connectivity index is 1.40. The summed E-state index contributed by atoms with van der Waals surface area (Å²) in [4.78, 5) is 34.7. The number of hydrogen-bond acceptors (Lipinski definition) is 6. The van der Waals surface area contributed by atoms with Crippen molar-refractivity contribution >= 4 is 29.3 Å². The minimum atomic E-state index is -0.346. The predicted octanol–water partition coefficient (Wildman–Crippen LogP) is 4.96. The van der Waals surface area contributed by atoms with Crippen LogP contribution in [0.15, 0.2) is 35.5 Å². The Bertz CT molecular complexity index is 1070. The molecule has 7 heteroatoms. The number of nitriles is 1. The highest BCUT2D eigenvalue weighted by molar-refractivity contribution is 8.00. The van der Waals surface area contributed by atoms with E-state index in [1.54, 1.807) is 0 Å². The lowest BCUT2D eigenvalue weighted by Crippen LogP contribution is -2.24. The highest BCUT2D eigenvalue weighted by Gasteiger charge is 2.33. The number of carbonyl (C=O) groups is 2. The number of aromatic nitrogens is 2. The van der Waals surface area contributed by atoms with Gasteiger partial charge in [-0.15, -0.1) is 11.8 Å². The van der Waals surface area contributed by atoms with Gasteiger partial charge in [0, 0.05) is 23.0 Å². The monoisotopic (exact) mass is 446 g/mol. The van der Waals surface area contributed by atoms with Gasteiger partial charge in [-0.05, 0) is 67.6 Å². The van der Waals surface area contributed by atoms with Crippen LogP contribution in [0.25, 0.3) is 0 Å². The van der Waals surface area contributed by atoms with E-state index in [9.17, 15) is 9.59 Å². The molecule has 0 spiro atoms. The Morgan fingerprint density at radius 2 is 2.03 bits per heavy atom. The molecule has 0 saturated heterocycles. The molecule has 0 aliphatic heterocycles. The van der Waals surface area contributed by atoms with E-state index in [0.717, 1.165) is 17.2 Å². The fourth-order valence-corrected chi connectivity index (χ4v) is 5.69. The molecule has 0 unspecified atom stereocenters. The third-order valence-corrected chi connectivity index (χ3v) is 7.95. The van der Waals surface area contributed by atoms with Gasteiger partial charge in [-0.25, -0.2) is 9.97 Å². The number of benzene rings is 1. The van der Waals surface area contributed by atoms with Crippen LogP contribution in [0, 0.1) is 17.2 Å². The number of Topliss-reactive ketones (excluding diaryl/α,β-unsaturated/α-hetero) is 1. The number of rotatable bonds is 8. The van der Waals surface area contributed by atoms with Crippen molar-refractivity contribution < 1.29 is 9.59 Å². The van der Waals surface area contributed by atoms with Gasteiger partial charge in [-0.1, -0.05) is 12.1 Å². The van der Waals surface area contributed by atoms with Crippen molar-refractivity contribution in [1.82, 2.24) is 9.97 Å². The van der Waals surface area contributed by atoms with Gasteiger partial charge >= 0.3 is 0 Å². The van der Waals surface area contributed by atoms with Crippen LogP contribution in [0.3, 0.4) is 0 Å². The average Bonchev–Trinajstić information content (AvgIpc) is 3.73. The normalized spacial score (nSPS) is 21.2. The van der Waals surface area contributed by atoms with Gasteiger partial charge in [-0.3, -0.25) is 9.59 Å². The van der Waals surface area contributed by atoms with E-state index in [1.807, 2.05) is 17.8 Å². The summed E-state index contributed by atoms with van der Waals surface area (Å²) in [7, 11) is 0. The van der Waals surface area contributed by atoms with Crippen molar-refractivity contribution in [2.45, 2.75) is 73.3 Å². The molecule has 32 heavy (non-hydrogen) atoms. The van der Waals surface area contributed by atoms with Crippen molar-refractivity contribution in [3.05, 3.63) is 47.4 Å². The van der Waals surface area contributed by atoms with Crippen LogP contribution in [-0.4, -0.2) is 26.9 Å². The van der Waals surface area contributed by atoms with Gasteiger partial charge in [0.25, 0.3) is 0 Å². The first-order chi connectivity index (χ1) is 15.6. The van der Waals surface area contributed by atoms with E-state index in [4.69, 9.17) is 5.26 Å². The van der Waals surface area contributed by atoms with Gasteiger partial charge < -0.3 is 5.32 Å². The highest BCUT2D eigenvalue weighted by atomic mass is 32.2. The van der Waals surface area contributed by atoms with Crippen molar-refractivity contribution in [1.29, 1.82) is 5.26 Å². The quantitative estimate of drug-likeness (QED) is 0.616. The zero-order valence-corrected chi connectivity index (χ0v) is 18.7. The molecule has 3 saturated carbocycles. The van der Waals surface area contributed by atoms with E-state index >= 15 is 0 Å². The topological polar surface area (TPSA) is 95.7 Å². The first-order valence-corrected chi connectivity index (χ1v) is 12.3. The minimum absolute atomic E-state index is 0.132. The van der Waals surface area contributed by atoms with Crippen LogP contribution >= 0.6 is 11.8 Å². The molecule has 6 nitrogen and oxygen atoms in total. The lowest BCUT2D eigenvalue weighted by Gasteiger charge is -2.22. The molecule has 2 atom stereocenters. The molecule has 3 aliphatic rings. The van der Waals surface area contributed by atoms with Crippen LogP contribution in [0.2, 0.25) is 0 Å². The van der Waals surface area contributed by atoms with Gasteiger partial charge in [0.05, 0.1) is 18.3 Å². The summed E-state index contributed by atoms with van der Waals surface area (Å²) in [6.45, 7) is 0. The first kappa shape index (κ1) is 21.1. The molecule has 1 N–H and O–H groups in total. The second kappa shape index (κ2) is 9.03. The summed E-state index contributed by atoms with van der Waals surface area (Å²) in [5.41, 5.74) is 2.62. The van der Waals surface area contributed by atoms with Crippen LogP contribution < -0.4 is 5.32 Å². The second-order valence-corrected chi connectivity index (χ2v) is 10.6. The Labute approximate surface area is 192 Å². The van der Waals surface area contributed by atoms with E-state index in [-0.39, 0.29) is 23.4 Å². The number of carbonyl (C=O) groups excluding carboxylic acids is 2. The molecule has 0 radical (unpaired) electrons. The smallest absolute Gasteiger partial charge is 0.233 e. The maximum absolute atomic E-state index is 13.4. The molecular weight excluding hydrogens is 420 g/mol. The summed E-state index contributed by atoms with van der Waals surface area (Å²) in [6, 6.07) is 8.48. The third-order valence-electron chi connectivity index (χ3n) is 6.52. The van der Waals surface area contributed by atoms with Gasteiger partial charge in [0.2, 0.25) is 5.91 Å². The molecule has 5 rings (SSSR count). The number of nitrogens with one attached hydrogen (secondary N) is 1. The van der Waals surface area contributed by atoms with Crippen molar-refractivity contribution in [2.75, 3.05) is 5.32 Å². The Kier molecular flexibility index (Phi) is 5.97. The van der Waals surface area contributed by atoms with Crippen molar-refractivity contribution in [3.63, 3.8) is 0 Å². The predicted molar refractivity (Wildman–Crippen MR) is 122 cm³/mol. The maximum Gasteiger partial charge on any atom is 0.233 e. The Morgan fingerprint density at radius 1 is 1.19 bits per heavy atom. The third kappa shape index (κ3) is 5.02. The lowest BCUT2D eigenvalue weighted by molar-refractivity contribution is -0.119. The number of thioether (sulfide) groups is 1. The van der Waals surface area contributed by atoms with Gasteiger partial charge in [0.15, 0.2) is 11.5 Å². The average molecular weight is 447 g/mol. The molecule has 164 valence electrons. The molecule has 3 aliphatic carbocycles. The number of nitrogens with zero attached hydrogens (tertiary/aromatic N) is 3. The lowest BCUT2D eigenvalue weighted by atomic mass is 9.86. The van der Waals surface area contributed by atoms with Crippen LogP contribution in [0.5, 0.6) is 0 Å². The molecular formula is C25H26N4O2S. The van der Waals surface area contributed by atoms with Crippen LogP contribution in [0.4, 0.5) is 5.82 Å². The summed E-state index contributed by atoms with van der Waals surface area (Å²) < 4.78 is 0. The largest absolute Gasteiger partial charge is 0.309 e. The molecule has 3 fully saturated rings. The standard InChI is InChI=1S/C25H26N4O2S/c26-12-18-13-28-24(14-27-18)29-25(31)22(10-15-1-5-19(30)9-15)17-4-8-23(32-20-6-7-20)21(11-17)16-2-3-16/h4,8,11,13-16,20,22H,1-3,5-7,9-10H2,(H,28,29,31)/t15-,22+/m0/s1. The van der Waals surface area contributed by atoms with Crippen LogP contribution in [0.1, 0.15) is 80.0 Å². The van der Waals surface area contributed by atoms with E-state index in [1.165, 1.54) is 48.5 Å². The van der Waals surface area contributed by atoms with Crippen molar-refractivity contribution in [3.8, 4) is 6.07 Å². The molecule has 1 amide bonds. The zero-order valence-electron chi connectivity index (χ0n) is 17.9. The Hall–Kier alpha value is -2.72. The second-order valence-electron chi connectivity index (χ2n) is 9.21. The van der Waals surface area contributed by atoms with Crippen molar-refractivity contribution in [2.24, 2.45) is 5.92 Å². The summed E-state index contributed by atoms with van der Waals surface area (Å²) in [6.07, 6.45) is 10.5. The summed E-state index contributed by atoms with van der Waals surface area (Å²) in [5, 5.41) is 12.5. The number of amides is 1. The summed E-state index contributed by atoms with van der Waals surface area (Å²) in [5.74, 6) is 0.993. The van der Waals surface area contributed by atoms with Gasteiger partial charge in [-0.2, -0.15) is 5.26 Å². The number of anilines is 1. The zero-order chi connectivity index (χ0) is 22.1. The fraction of sp³-hybridized carbons (Fsp3) is 0.480. The van der Waals surface area contributed by atoms with E-state index in [2.05, 4.69) is 33.5 Å². The molecule has 1 aromatic heterocycles. The minimum Gasteiger partial charge on any atom is -0.309 e. The maximum atomic E-state index is 13.4. The number of ketones is 1. The van der Waals surface area contributed by atoms with E-state index in [0.29, 0.717) is 36.8 Å². The molecule has 1 heterocycles. The molecule has 0 bridgehead atoms. The number of hydrogen-bond donors (Lipinski definition) is 1. The van der Waals surface area contributed by atoms with Crippen LogP contribution in [-0.2, 0) is 9.59 Å². The molecule has 1 aromatic carbocycles.